The van der Waals surface area contributed by atoms with Crippen molar-refractivity contribution in [2.24, 2.45) is 0 Å². The van der Waals surface area contributed by atoms with E-state index in [1.54, 1.807) is 12.1 Å². The number of amides is 1. The van der Waals surface area contributed by atoms with Gasteiger partial charge in [0, 0.05) is 24.7 Å². The molecule has 0 saturated heterocycles. The first-order chi connectivity index (χ1) is 12.8. The van der Waals surface area contributed by atoms with Crippen molar-refractivity contribution in [1.29, 1.82) is 0 Å². The summed E-state index contributed by atoms with van der Waals surface area (Å²) >= 11 is 0. The van der Waals surface area contributed by atoms with Gasteiger partial charge in [-0.05, 0) is 30.3 Å². The van der Waals surface area contributed by atoms with Crippen molar-refractivity contribution in [3.8, 4) is 11.5 Å². The van der Waals surface area contributed by atoms with Gasteiger partial charge in [0.25, 0.3) is 15.9 Å². The fourth-order valence-electron chi connectivity index (χ4n) is 2.40. The van der Waals surface area contributed by atoms with Gasteiger partial charge in [0.2, 0.25) is 0 Å². The van der Waals surface area contributed by atoms with Gasteiger partial charge < -0.3 is 14.8 Å². The van der Waals surface area contributed by atoms with Crippen molar-refractivity contribution in [3.05, 3.63) is 53.6 Å². The number of nitrogens with zero attached hydrogens (tertiary/aromatic N) is 1. The number of benzene rings is 2. The number of carbonyl (C=O) groups excluding carboxylic acids is 1. The summed E-state index contributed by atoms with van der Waals surface area (Å²) in [5.41, 5.74) is 1.09. The Labute approximate surface area is 158 Å². The summed E-state index contributed by atoms with van der Waals surface area (Å²) < 4.78 is 35.6. The highest BCUT2D eigenvalue weighted by molar-refractivity contribution is 7.89. The smallest absolute Gasteiger partial charge is 0.264 e. The molecule has 0 spiro atoms. The molecular weight excluding hydrogens is 372 g/mol. The molecule has 0 aromatic heterocycles. The van der Waals surface area contributed by atoms with Gasteiger partial charge >= 0.3 is 0 Å². The van der Waals surface area contributed by atoms with Crippen molar-refractivity contribution in [1.82, 2.24) is 9.79 Å². The van der Waals surface area contributed by atoms with Crippen molar-refractivity contribution in [2.45, 2.75) is 11.4 Å². The predicted octanol–water partition coefficient (Wildman–Crippen LogP) is 1.82. The Kier molecular flexibility index (Phi) is 6.78. The average molecular weight is 394 g/mol. The van der Waals surface area contributed by atoms with Crippen LogP contribution in [0, 0.1) is 0 Å². The SMILES string of the molecule is COc1cccc(CNC(=O)c2ccc(S(=O)(=O)N(C)OC)cc2)c1OC. The number of hydrogen-bond donors (Lipinski definition) is 1. The van der Waals surface area contributed by atoms with Crippen LogP contribution in [-0.4, -0.2) is 47.2 Å². The molecule has 146 valence electrons. The number of sulfonamides is 1. The minimum absolute atomic E-state index is 0.0258. The van der Waals surface area contributed by atoms with Gasteiger partial charge in [0.05, 0.1) is 26.2 Å². The normalized spacial score (nSPS) is 11.3. The fourth-order valence-corrected chi connectivity index (χ4v) is 3.37. The molecule has 0 heterocycles. The van der Waals surface area contributed by atoms with Crippen LogP contribution >= 0.6 is 0 Å². The molecule has 9 heteroatoms. The molecule has 0 aliphatic rings. The highest BCUT2D eigenvalue weighted by atomic mass is 32.2. The lowest BCUT2D eigenvalue weighted by molar-refractivity contribution is -0.0258. The van der Waals surface area contributed by atoms with Crippen LogP contribution < -0.4 is 14.8 Å². The maximum Gasteiger partial charge on any atom is 0.264 e. The van der Waals surface area contributed by atoms with E-state index in [2.05, 4.69) is 5.32 Å². The number of rotatable bonds is 8. The van der Waals surface area contributed by atoms with Crippen molar-refractivity contribution < 1.29 is 27.5 Å². The van der Waals surface area contributed by atoms with E-state index in [4.69, 9.17) is 14.3 Å². The summed E-state index contributed by atoms with van der Waals surface area (Å²) in [5, 5.41) is 2.77. The molecule has 0 atom stereocenters. The first-order valence-corrected chi connectivity index (χ1v) is 9.40. The van der Waals surface area contributed by atoms with Crippen molar-refractivity contribution >= 4 is 15.9 Å². The molecule has 0 unspecified atom stereocenters. The Bertz CT molecular complexity index is 897. The molecule has 2 aromatic carbocycles. The van der Waals surface area contributed by atoms with Gasteiger partial charge in [-0.25, -0.2) is 8.42 Å². The second-order valence-corrected chi connectivity index (χ2v) is 7.39. The zero-order valence-electron chi connectivity index (χ0n) is 15.6. The first-order valence-electron chi connectivity index (χ1n) is 7.96. The molecule has 0 radical (unpaired) electrons. The molecule has 2 aromatic rings. The van der Waals surface area contributed by atoms with Gasteiger partial charge in [-0.1, -0.05) is 16.6 Å². The third-order valence-corrected chi connectivity index (χ3v) is 5.63. The Morgan fingerprint density at radius 2 is 1.70 bits per heavy atom. The number of hydroxylamine groups is 1. The van der Waals surface area contributed by atoms with Crippen LogP contribution in [0.3, 0.4) is 0 Å². The largest absolute Gasteiger partial charge is 0.493 e. The lowest BCUT2D eigenvalue weighted by Gasteiger charge is -2.14. The Hall–Kier alpha value is -2.62. The summed E-state index contributed by atoms with van der Waals surface area (Å²) in [7, 11) is 1.86. The number of nitrogens with one attached hydrogen (secondary N) is 1. The minimum atomic E-state index is -3.75. The number of methoxy groups -OCH3 is 2. The van der Waals surface area contributed by atoms with Gasteiger partial charge in [-0.3, -0.25) is 9.63 Å². The van der Waals surface area contributed by atoms with Crippen molar-refractivity contribution in [2.75, 3.05) is 28.4 Å². The van der Waals surface area contributed by atoms with Crippen LogP contribution in [0.2, 0.25) is 0 Å². The third-order valence-electron chi connectivity index (χ3n) is 3.93. The van der Waals surface area contributed by atoms with E-state index in [-0.39, 0.29) is 17.3 Å². The molecule has 2 rings (SSSR count). The molecule has 0 fully saturated rings. The molecule has 0 saturated carbocycles. The lowest BCUT2D eigenvalue weighted by Crippen LogP contribution is -2.26. The summed E-state index contributed by atoms with van der Waals surface area (Å²) in [4.78, 5) is 17.1. The summed E-state index contributed by atoms with van der Waals surface area (Å²) in [6, 6.07) is 11.0. The average Bonchev–Trinajstić information content (AvgIpc) is 2.70. The molecular formula is C18H22N2O6S. The van der Waals surface area contributed by atoms with Crippen LogP contribution in [0.4, 0.5) is 0 Å². The number of hydrogen-bond acceptors (Lipinski definition) is 6. The van der Waals surface area contributed by atoms with E-state index >= 15 is 0 Å². The standard InChI is InChI=1S/C18H22N2O6S/c1-20(26-4)27(22,23)15-10-8-13(9-11-15)18(21)19-12-14-6-5-7-16(24-2)17(14)25-3/h5-11H,12H2,1-4H3,(H,19,21). The maximum absolute atomic E-state index is 12.4. The summed E-state index contributed by atoms with van der Waals surface area (Å²) in [5.74, 6) is 0.773. The molecule has 8 nitrogen and oxygen atoms in total. The zero-order valence-corrected chi connectivity index (χ0v) is 16.4. The number of para-hydroxylation sites is 1. The topological polar surface area (TPSA) is 94.2 Å². The predicted molar refractivity (Wildman–Crippen MR) is 99.1 cm³/mol. The zero-order chi connectivity index (χ0) is 20.0. The van der Waals surface area contributed by atoms with Gasteiger partial charge in [-0.2, -0.15) is 0 Å². The molecule has 0 aliphatic heterocycles. The molecule has 27 heavy (non-hydrogen) atoms. The van der Waals surface area contributed by atoms with E-state index in [0.717, 1.165) is 10.0 Å². The van der Waals surface area contributed by atoms with Gasteiger partial charge in [0.15, 0.2) is 11.5 Å². The van der Waals surface area contributed by atoms with E-state index in [0.29, 0.717) is 17.1 Å². The molecule has 0 bridgehead atoms. The quantitative estimate of drug-likeness (QED) is 0.687. The molecule has 1 amide bonds. The van der Waals surface area contributed by atoms with Crippen LogP contribution in [0.25, 0.3) is 0 Å². The van der Waals surface area contributed by atoms with E-state index in [1.807, 2.05) is 6.07 Å². The first kappa shape index (κ1) is 20.7. The van der Waals surface area contributed by atoms with Crippen LogP contribution in [-0.2, 0) is 21.4 Å². The van der Waals surface area contributed by atoms with E-state index in [1.165, 1.54) is 52.6 Å². The lowest BCUT2D eigenvalue weighted by atomic mass is 10.1. The minimum Gasteiger partial charge on any atom is -0.493 e. The van der Waals surface area contributed by atoms with Crippen molar-refractivity contribution in [3.63, 3.8) is 0 Å². The molecule has 1 N–H and O–H groups in total. The summed E-state index contributed by atoms with van der Waals surface area (Å²) in [6.45, 7) is 0.228. The second-order valence-electron chi connectivity index (χ2n) is 5.46. The maximum atomic E-state index is 12.4. The van der Waals surface area contributed by atoms with Crippen LogP contribution in [0.1, 0.15) is 15.9 Å². The third kappa shape index (κ3) is 4.57. The van der Waals surface area contributed by atoms with E-state index in [9.17, 15) is 13.2 Å². The molecule has 0 aliphatic carbocycles. The Morgan fingerprint density at radius 3 is 2.26 bits per heavy atom. The second kappa shape index (κ2) is 8.85. The Morgan fingerprint density at radius 1 is 1.04 bits per heavy atom. The van der Waals surface area contributed by atoms with Crippen LogP contribution in [0.5, 0.6) is 11.5 Å². The highest BCUT2D eigenvalue weighted by Crippen LogP contribution is 2.30. The van der Waals surface area contributed by atoms with Gasteiger partial charge in [-0.15, -0.1) is 0 Å². The summed E-state index contributed by atoms with van der Waals surface area (Å²) in [6.07, 6.45) is 0. The monoisotopic (exact) mass is 394 g/mol. The number of carbonyl (C=O) groups is 1. The Balaban J connectivity index is 2.12. The van der Waals surface area contributed by atoms with Crippen LogP contribution in [0.15, 0.2) is 47.4 Å². The van der Waals surface area contributed by atoms with Gasteiger partial charge in [0.1, 0.15) is 0 Å². The fraction of sp³-hybridized carbons (Fsp3) is 0.278. The highest BCUT2D eigenvalue weighted by Gasteiger charge is 2.21. The van der Waals surface area contributed by atoms with E-state index < -0.39 is 10.0 Å². The number of ether oxygens (including phenoxy) is 2.